The highest BCUT2D eigenvalue weighted by Gasteiger charge is 2.45. The summed E-state index contributed by atoms with van der Waals surface area (Å²) in [6, 6.07) is 8.87. The van der Waals surface area contributed by atoms with Gasteiger partial charge in [-0.15, -0.1) is 0 Å². The normalized spacial score (nSPS) is 23.6. The van der Waals surface area contributed by atoms with Gasteiger partial charge in [0.1, 0.15) is 0 Å². The van der Waals surface area contributed by atoms with E-state index in [9.17, 15) is 0 Å². The maximum absolute atomic E-state index is 3.58. The van der Waals surface area contributed by atoms with Crippen LogP contribution >= 0.6 is 15.9 Å². The van der Waals surface area contributed by atoms with Gasteiger partial charge in [-0.1, -0.05) is 28.1 Å². The Hall–Kier alpha value is -0.380. The first-order valence-electron chi connectivity index (χ1n) is 6.48. The van der Waals surface area contributed by atoms with Gasteiger partial charge >= 0.3 is 0 Å². The van der Waals surface area contributed by atoms with Crippen LogP contribution in [0.2, 0.25) is 0 Å². The molecule has 0 atom stereocenters. The average molecular weight is 295 g/mol. The summed E-state index contributed by atoms with van der Waals surface area (Å²) >= 11 is 3.58. The van der Waals surface area contributed by atoms with Crippen LogP contribution in [0.3, 0.4) is 0 Å². The van der Waals surface area contributed by atoms with Crippen molar-refractivity contribution in [3.8, 4) is 0 Å². The van der Waals surface area contributed by atoms with Gasteiger partial charge in [0.2, 0.25) is 0 Å². The first-order chi connectivity index (χ1) is 8.28. The summed E-state index contributed by atoms with van der Waals surface area (Å²) in [5, 5.41) is 3.42. The second kappa shape index (κ2) is 4.71. The van der Waals surface area contributed by atoms with E-state index in [0.717, 1.165) is 13.1 Å². The lowest BCUT2D eigenvalue weighted by Crippen LogP contribution is -2.46. The van der Waals surface area contributed by atoms with Gasteiger partial charge in [-0.05, 0) is 30.5 Å². The fraction of sp³-hybridized carbons (Fsp3) is 0.571. The molecule has 0 aromatic heterocycles. The van der Waals surface area contributed by atoms with E-state index in [-0.39, 0.29) is 0 Å². The van der Waals surface area contributed by atoms with Crippen LogP contribution < -0.4 is 5.32 Å². The molecule has 0 amide bonds. The number of hydrogen-bond donors (Lipinski definition) is 1. The molecule has 1 aliphatic heterocycles. The second-order valence-electron chi connectivity index (χ2n) is 5.32. The molecule has 2 nitrogen and oxygen atoms in total. The molecule has 1 saturated heterocycles. The Morgan fingerprint density at radius 2 is 2.00 bits per heavy atom. The van der Waals surface area contributed by atoms with Crippen molar-refractivity contribution < 1.29 is 0 Å². The molecule has 1 aliphatic carbocycles. The van der Waals surface area contributed by atoms with Crippen LogP contribution in [0.1, 0.15) is 18.4 Å². The molecule has 1 N–H and O–H groups in total. The van der Waals surface area contributed by atoms with E-state index in [0.29, 0.717) is 5.41 Å². The van der Waals surface area contributed by atoms with Crippen molar-refractivity contribution in [2.24, 2.45) is 0 Å². The van der Waals surface area contributed by atoms with E-state index in [1.54, 1.807) is 0 Å². The van der Waals surface area contributed by atoms with Crippen LogP contribution in [0.4, 0.5) is 0 Å². The number of nitrogens with one attached hydrogen (secondary N) is 1. The maximum Gasteiger partial charge on any atom is 0.0178 e. The number of rotatable bonds is 3. The molecular weight excluding hydrogens is 276 g/mol. The van der Waals surface area contributed by atoms with Crippen molar-refractivity contribution in [3.63, 3.8) is 0 Å². The lowest BCUT2D eigenvalue weighted by molar-refractivity contribution is 0.221. The standard InChI is InChI=1S/C14H19BrN2/c15-13-3-1-2-12(10-13)14(4-5-14)11-17-8-6-16-7-9-17/h1-3,10,16H,4-9,11H2. The van der Waals surface area contributed by atoms with Crippen molar-refractivity contribution in [1.82, 2.24) is 10.2 Å². The zero-order valence-electron chi connectivity index (χ0n) is 10.1. The van der Waals surface area contributed by atoms with Crippen LogP contribution in [0.15, 0.2) is 28.7 Å². The van der Waals surface area contributed by atoms with Crippen LogP contribution in [0.25, 0.3) is 0 Å². The van der Waals surface area contributed by atoms with Crippen LogP contribution in [-0.4, -0.2) is 37.6 Å². The third-order valence-electron chi connectivity index (χ3n) is 4.03. The van der Waals surface area contributed by atoms with Gasteiger partial charge in [0, 0.05) is 42.6 Å². The van der Waals surface area contributed by atoms with Crippen LogP contribution in [-0.2, 0) is 5.41 Å². The number of hydrogen-bond acceptors (Lipinski definition) is 2. The Morgan fingerprint density at radius 3 is 2.65 bits per heavy atom. The molecule has 1 aromatic carbocycles. The molecule has 0 spiro atoms. The molecule has 0 radical (unpaired) electrons. The lowest BCUT2D eigenvalue weighted by Gasteiger charge is -2.31. The Labute approximate surface area is 112 Å². The Kier molecular flexibility index (Phi) is 3.24. The molecule has 0 bridgehead atoms. The first-order valence-corrected chi connectivity index (χ1v) is 7.27. The van der Waals surface area contributed by atoms with Gasteiger partial charge in [-0.2, -0.15) is 0 Å². The summed E-state index contributed by atoms with van der Waals surface area (Å²) in [5.41, 5.74) is 1.98. The van der Waals surface area contributed by atoms with Gasteiger partial charge in [0.05, 0.1) is 0 Å². The highest BCUT2D eigenvalue weighted by molar-refractivity contribution is 9.10. The highest BCUT2D eigenvalue weighted by atomic mass is 79.9. The van der Waals surface area contributed by atoms with Gasteiger partial charge in [-0.3, -0.25) is 4.90 Å². The van der Waals surface area contributed by atoms with E-state index in [2.05, 4.69) is 50.4 Å². The van der Waals surface area contributed by atoms with Crippen molar-refractivity contribution >= 4 is 15.9 Å². The van der Waals surface area contributed by atoms with E-state index in [4.69, 9.17) is 0 Å². The second-order valence-corrected chi connectivity index (χ2v) is 6.23. The number of halogens is 1. The van der Waals surface area contributed by atoms with Crippen molar-refractivity contribution in [2.45, 2.75) is 18.3 Å². The summed E-state index contributed by atoms with van der Waals surface area (Å²) < 4.78 is 1.21. The number of piperazine rings is 1. The van der Waals surface area contributed by atoms with Gasteiger partial charge in [0.15, 0.2) is 0 Å². The summed E-state index contributed by atoms with van der Waals surface area (Å²) in [7, 11) is 0. The molecule has 2 aliphatic rings. The maximum atomic E-state index is 3.58. The van der Waals surface area contributed by atoms with Gasteiger partial charge in [-0.25, -0.2) is 0 Å². The number of benzene rings is 1. The number of nitrogens with zero attached hydrogens (tertiary/aromatic N) is 1. The van der Waals surface area contributed by atoms with Crippen molar-refractivity contribution in [3.05, 3.63) is 34.3 Å². The molecular formula is C14H19BrN2. The van der Waals surface area contributed by atoms with Gasteiger partial charge < -0.3 is 5.32 Å². The summed E-state index contributed by atoms with van der Waals surface area (Å²) in [5.74, 6) is 0. The first kappa shape index (κ1) is 11.7. The third-order valence-corrected chi connectivity index (χ3v) is 4.52. The van der Waals surface area contributed by atoms with E-state index in [1.165, 1.54) is 42.5 Å². The van der Waals surface area contributed by atoms with E-state index >= 15 is 0 Å². The lowest BCUT2D eigenvalue weighted by atomic mass is 9.95. The molecule has 17 heavy (non-hydrogen) atoms. The molecule has 1 aromatic rings. The minimum Gasteiger partial charge on any atom is -0.314 e. The van der Waals surface area contributed by atoms with Crippen molar-refractivity contribution in [2.75, 3.05) is 32.7 Å². The molecule has 2 fully saturated rings. The predicted molar refractivity (Wildman–Crippen MR) is 74.4 cm³/mol. The topological polar surface area (TPSA) is 15.3 Å². The zero-order chi connectivity index (χ0) is 11.7. The largest absolute Gasteiger partial charge is 0.314 e. The summed E-state index contributed by atoms with van der Waals surface area (Å²) in [4.78, 5) is 2.62. The minimum atomic E-state index is 0.459. The molecule has 0 unspecified atom stereocenters. The monoisotopic (exact) mass is 294 g/mol. The molecule has 3 heteroatoms. The Morgan fingerprint density at radius 1 is 1.24 bits per heavy atom. The van der Waals surface area contributed by atoms with Crippen molar-refractivity contribution in [1.29, 1.82) is 0 Å². The quantitative estimate of drug-likeness (QED) is 0.921. The molecule has 1 saturated carbocycles. The summed E-state index contributed by atoms with van der Waals surface area (Å²) in [6.45, 7) is 5.94. The molecule has 92 valence electrons. The predicted octanol–water partition coefficient (Wildman–Crippen LogP) is 2.39. The van der Waals surface area contributed by atoms with E-state index in [1.807, 2.05) is 0 Å². The van der Waals surface area contributed by atoms with Crippen LogP contribution in [0, 0.1) is 0 Å². The van der Waals surface area contributed by atoms with E-state index < -0.39 is 0 Å². The smallest absolute Gasteiger partial charge is 0.0178 e. The van der Waals surface area contributed by atoms with Crippen LogP contribution in [0.5, 0.6) is 0 Å². The Bertz CT molecular complexity index is 395. The average Bonchev–Trinajstić information content (AvgIpc) is 3.11. The summed E-state index contributed by atoms with van der Waals surface area (Å²) in [6.07, 6.45) is 2.71. The highest BCUT2D eigenvalue weighted by Crippen LogP contribution is 2.49. The zero-order valence-corrected chi connectivity index (χ0v) is 11.7. The third kappa shape index (κ3) is 2.56. The molecule has 3 rings (SSSR count). The van der Waals surface area contributed by atoms with Gasteiger partial charge in [0.25, 0.3) is 0 Å². The fourth-order valence-electron chi connectivity index (χ4n) is 2.80. The molecule has 1 heterocycles. The Balaban J connectivity index is 1.73. The fourth-order valence-corrected chi connectivity index (χ4v) is 3.20. The SMILES string of the molecule is Brc1cccc(C2(CN3CCNCC3)CC2)c1. The minimum absolute atomic E-state index is 0.459.